The van der Waals surface area contributed by atoms with Gasteiger partial charge in [0.05, 0.1) is 0 Å². The Labute approximate surface area is 128 Å². The van der Waals surface area contributed by atoms with Crippen molar-refractivity contribution in [2.75, 3.05) is 19.6 Å². The molecule has 0 bridgehead atoms. The molecule has 0 unspecified atom stereocenters. The molecule has 1 aliphatic heterocycles. The Morgan fingerprint density at radius 1 is 0.905 bits per heavy atom. The molecule has 1 fully saturated rings. The predicted molar refractivity (Wildman–Crippen MR) is 86.9 cm³/mol. The molecule has 114 valence electrons. The first-order valence-corrected chi connectivity index (χ1v) is 8.70. The third-order valence-electron chi connectivity index (χ3n) is 5.02. The SMILES string of the molecule is O=C(CCN1CCCCCC1)c1ccc2c(c1)CCCC2. The summed E-state index contributed by atoms with van der Waals surface area (Å²) in [7, 11) is 0. The van der Waals surface area contributed by atoms with Crippen LogP contribution in [-0.4, -0.2) is 30.3 Å². The van der Waals surface area contributed by atoms with E-state index in [1.807, 2.05) is 0 Å². The topological polar surface area (TPSA) is 20.3 Å². The van der Waals surface area contributed by atoms with E-state index in [0.29, 0.717) is 12.2 Å². The van der Waals surface area contributed by atoms with E-state index in [4.69, 9.17) is 0 Å². The number of carbonyl (C=O) groups excluding carboxylic acids is 1. The number of likely N-dealkylation sites (tertiary alicyclic amines) is 1. The minimum Gasteiger partial charge on any atom is -0.303 e. The van der Waals surface area contributed by atoms with Crippen LogP contribution < -0.4 is 0 Å². The van der Waals surface area contributed by atoms with Crippen LogP contribution in [0, 0.1) is 0 Å². The number of fused-ring (bicyclic) bond motifs is 1. The molecule has 2 heteroatoms. The molecule has 0 amide bonds. The van der Waals surface area contributed by atoms with Crippen LogP contribution in [0.25, 0.3) is 0 Å². The van der Waals surface area contributed by atoms with Gasteiger partial charge >= 0.3 is 0 Å². The summed E-state index contributed by atoms with van der Waals surface area (Å²) in [5.74, 6) is 0.327. The molecule has 3 rings (SSSR count). The number of carbonyl (C=O) groups is 1. The van der Waals surface area contributed by atoms with E-state index in [1.165, 1.54) is 69.2 Å². The number of ketones is 1. The van der Waals surface area contributed by atoms with Crippen molar-refractivity contribution in [3.05, 3.63) is 34.9 Å². The van der Waals surface area contributed by atoms with E-state index in [2.05, 4.69) is 23.1 Å². The van der Waals surface area contributed by atoms with Gasteiger partial charge in [-0.15, -0.1) is 0 Å². The van der Waals surface area contributed by atoms with Crippen LogP contribution in [0.15, 0.2) is 18.2 Å². The summed E-state index contributed by atoms with van der Waals surface area (Å²) < 4.78 is 0. The molecule has 21 heavy (non-hydrogen) atoms. The van der Waals surface area contributed by atoms with Gasteiger partial charge in [0.2, 0.25) is 0 Å². The van der Waals surface area contributed by atoms with Crippen molar-refractivity contribution in [3.8, 4) is 0 Å². The van der Waals surface area contributed by atoms with E-state index >= 15 is 0 Å². The molecule has 1 aliphatic carbocycles. The highest BCUT2D eigenvalue weighted by Gasteiger charge is 2.15. The van der Waals surface area contributed by atoms with E-state index in [0.717, 1.165) is 18.5 Å². The van der Waals surface area contributed by atoms with Crippen molar-refractivity contribution < 1.29 is 4.79 Å². The van der Waals surface area contributed by atoms with Gasteiger partial charge < -0.3 is 4.90 Å². The summed E-state index contributed by atoms with van der Waals surface area (Å²) in [4.78, 5) is 14.9. The van der Waals surface area contributed by atoms with Crippen molar-refractivity contribution in [2.24, 2.45) is 0 Å². The third kappa shape index (κ3) is 3.94. The Morgan fingerprint density at radius 3 is 2.38 bits per heavy atom. The molecule has 0 aromatic heterocycles. The van der Waals surface area contributed by atoms with Gasteiger partial charge in [0.15, 0.2) is 5.78 Å². The van der Waals surface area contributed by atoms with Gasteiger partial charge in [0.1, 0.15) is 0 Å². The molecule has 2 aliphatic rings. The lowest BCUT2D eigenvalue weighted by molar-refractivity contribution is 0.0964. The number of hydrogen-bond acceptors (Lipinski definition) is 2. The molecule has 2 nitrogen and oxygen atoms in total. The molecule has 1 aromatic rings. The molecule has 1 heterocycles. The first-order chi connectivity index (χ1) is 10.3. The highest BCUT2D eigenvalue weighted by atomic mass is 16.1. The van der Waals surface area contributed by atoms with Crippen molar-refractivity contribution in [1.29, 1.82) is 0 Å². The maximum absolute atomic E-state index is 12.4. The zero-order valence-electron chi connectivity index (χ0n) is 13.1. The summed E-state index contributed by atoms with van der Waals surface area (Å²) in [6.45, 7) is 3.30. The Kier molecular flexibility index (Phi) is 5.08. The van der Waals surface area contributed by atoms with Crippen LogP contribution in [0.4, 0.5) is 0 Å². The van der Waals surface area contributed by atoms with Gasteiger partial charge in [0.25, 0.3) is 0 Å². The minimum atomic E-state index is 0.327. The summed E-state index contributed by atoms with van der Waals surface area (Å²) in [6, 6.07) is 6.40. The summed E-state index contributed by atoms with van der Waals surface area (Å²) in [5.41, 5.74) is 3.82. The van der Waals surface area contributed by atoms with E-state index < -0.39 is 0 Å². The number of rotatable bonds is 4. The molecule has 1 saturated heterocycles. The van der Waals surface area contributed by atoms with Crippen molar-refractivity contribution in [3.63, 3.8) is 0 Å². The van der Waals surface area contributed by atoms with Crippen molar-refractivity contribution in [1.82, 2.24) is 4.90 Å². The molecule has 0 atom stereocenters. The number of aryl methyl sites for hydroxylation is 2. The normalized spacial score (nSPS) is 19.8. The van der Waals surface area contributed by atoms with E-state index in [-0.39, 0.29) is 0 Å². The van der Waals surface area contributed by atoms with Crippen molar-refractivity contribution >= 4 is 5.78 Å². The summed E-state index contributed by atoms with van der Waals surface area (Å²) in [5, 5.41) is 0. The first-order valence-electron chi connectivity index (χ1n) is 8.70. The standard InChI is InChI=1S/C19H27NO/c21-19(11-14-20-12-5-1-2-6-13-20)18-10-9-16-7-3-4-8-17(16)15-18/h9-10,15H,1-8,11-14H2. The number of hydrogen-bond donors (Lipinski definition) is 0. The maximum Gasteiger partial charge on any atom is 0.164 e. The summed E-state index contributed by atoms with van der Waals surface area (Å²) in [6.07, 6.45) is 10.9. The van der Waals surface area contributed by atoms with Crippen LogP contribution in [-0.2, 0) is 12.8 Å². The van der Waals surface area contributed by atoms with E-state index in [1.54, 1.807) is 0 Å². The maximum atomic E-state index is 12.4. The van der Waals surface area contributed by atoms with Crippen LogP contribution in [0.3, 0.4) is 0 Å². The molecule has 0 spiro atoms. The molecule has 1 aromatic carbocycles. The van der Waals surface area contributed by atoms with Crippen LogP contribution in [0.2, 0.25) is 0 Å². The summed E-state index contributed by atoms with van der Waals surface area (Å²) >= 11 is 0. The van der Waals surface area contributed by atoms with Crippen LogP contribution in [0.1, 0.15) is 66.4 Å². The monoisotopic (exact) mass is 285 g/mol. The first kappa shape index (κ1) is 14.8. The highest BCUT2D eigenvalue weighted by Crippen LogP contribution is 2.23. The zero-order chi connectivity index (χ0) is 14.5. The van der Waals surface area contributed by atoms with Gasteiger partial charge in [-0.25, -0.2) is 0 Å². The molecule has 0 radical (unpaired) electrons. The lowest BCUT2D eigenvalue weighted by Crippen LogP contribution is -2.27. The molecular formula is C19H27NO. The van der Waals surface area contributed by atoms with Gasteiger partial charge in [-0.05, 0) is 68.8 Å². The average Bonchev–Trinajstić information content (AvgIpc) is 2.81. The molecule has 0 N–H and O–H groups in total. The second kappa shape index (κ2) is 7.22. The molecule has 0 saturated carbocycles. The Morgan fingerprint density at radius 2 is 1.62 bits per heavy atom. The van der Waals surface area contributed by atoms with Crippen molar-refractivity contribution in [2.45, 2.75) is 57.8 Å². The van der Waals surface area contributed by atoms with Gasteiger partial charge in [0, 0.05) is 18.5 Å². The zero-order valence-corrected chi connectivity index (χ0v) is 13.1. The van der Waals surface area contributed by atoms with Crippen LogP contribution in [0.5, 0.6) is 0 Å². The van der Waals surface area contributed by atoms with Gasteiger partial charge in [-0.1, -0.05) is 25.0 Å². The van der Waals surface area contributed by atoms with Gasteiger partial charge in [-0.2, -0.15) is 0 Å². The Bertz CT molecular complexity index is 486. The number of Topliss-reactive ketones (excluding diaryl/α,β-unsaturated/α-hetero) is 1. The van der Waals surface area contributed by atoms with Crippen LogP contribution >= 0.6 is 0 Å². The average molecular weight is 285 g/mol. The van der Waals surface area contributed by atoms with E-state index in [9.17, 15) is 4.79 Å². The largest absolute Gasteiger partial charge is 0.303 e. The fourth-order valence-corrected chi connectivity index (χ4v) is 3.67. The third-order valence-corrected chi connectivity index (χ3v) is 5.02. The fourth-order valence-electron chi connectivity index (χ4n) is 3.67. The lowest BCUT2D eigenvalue weighted by atomic mass is 9.89. The second-order valence-electron chi connectivity index (χ2n) is 6.62. The van der Waals surface area contributed by atoms with Gasteiger partial charge in [-0.3, -0.25) is 4.79 Å². The Hall–Kier alpha value is -1.15. The Balaban J connectivity index is 1.57. The minimum absolute atomic E-state index is 0.327. The lowest BCUT2D eigenvalue weighted by Gasteiger charge is -2.19. The quantitative estimate of drug-likeness (QED) is 0.779. The fraction of sp³-hybridized carbons (Fsp3) is 0.632. The molecular weight excluding hydrogens is 258 g/mol. The second-order valence-corrected chi connectivity index (χ2v) is 6.62. The highest BCUT2D eigenvalue weighted by molar-refractivity contribution is 5.96. The smallest absolute Gasteiger partial charge is 0.164 e. The predicted octanol–water partition coefficient (Wildman–Crippen LogP) is 4.01. The number of benzene rings is 1. The number of nitrogens with zero attached hydrogens (tertiary/aromatic N) is 1.